The zero-order chi connectivity index (χ0) is 18.8. The lowest BCUT2D eigenvalue weighted by atomic mass is 9.98. The molecule has 6 nitrogen and oxygen atoms in total. The van der Waals surface area contributed by atoms with Gasteiger partial charge in [0.15, 0.2) is 5.65 Å². The minimum Gasteiger partial charge on any atom is -0.507 e. The standard InChI is InChI=1S/C20H26N5OP/c1-24-9-5-6-14(13-24)11-21-19-10-16(15-7-3-4-8-17(15)26)23-20-18(27-2)12-22-25(19)20/h3-4,7-8,10,12,14,21,26-27H,5-6,9,11,13H2,1-2H3. The van der Waals surface area contributed by atoms with Crippen molar-refractivity contribution < 1.29 is 5.11 Å². The van der Waals surface area contributed by atoms with Crippen molar-refractivity contribution in [3.63, 3.8) is 0 Å². The third kappa shape index (κ3) is 3.78. The Morgan fingerprint density at radius 3 is 2.96 bits per heavy atom. The Hall–Kier alpha value is -2.17. The first-order valence-electron chi connectivity index (χ1n) is 9.43. The van der Waals surface area contributed by atoms with Crippen LogP contribution in [0.3, 0.4) is 0 Å². The van der Waals surface area contributed by atoms with Crippen molar-refractivity contribution in [1.82, 2.24) is 19.5 Å². The predicted molar refractivity (Wildman–Crippen MR) is 113 cm³/mol. The fraction of sp³-hybridized carbons (Fsp3) is 0.400. The maximum absolute atomic E-state index is 10.3. The molecule has 27 heavy (non-hydrogen) atoms. The fourth-order valence-corrected chi connectivity index (χ4v) is 4.35. The number of piperidine rings is 1. The number of benzene rings is 1. The number of nitrogens with zero attached hydrogens (tertiary/aromatic N) is 4. The van der Waals surface area contributed by atoms with Crippen LogP contribution in [-0.2, 0) is 0 Å². The summed E-state index contributed by atoms with van der Waals surface area (Å²) in [6.07, 6.45) is 4.40. The molecule has 2 atom stereocenters. The summed E-state index contributed by atoms with van der Waals surface area (Å²) in [7, 11) is 2.81. The van der Waals surface area contributed by atoms with Gasteiger partial charge in [0.05, 0.1) is 11.9 Å². The SMILES string of the molecule is CPc1cnn2c(NCC3CCCN(C)C3)cc(-c3ccccc3O)nc12. The minimum atomic E-state index is 0.245. The molecule has 1 aromatic carbocycles. The molecule has 0 amide bonds. The topological polar surface area (TPSA) is 65.7 Å². The van der Waals surface area contributed by atoms with E-state index in [4.69, 9.17) is 4.98 Å². The van der Waals surface area contributed by atoms with Crippen molar-refractivity contribution in [2.75, 3.05) is 38.7 Å². The number of phenolic OH excluding ortho intramolecular Hbond substituents is 1. The lowest BCUT2D eigenvalue weighted by Gasteiger charge is -2.30. The second kappa shape index (κ2) is 7.83. The Morgan fingerprint density at radius 1 is 1.33 bits per heavy atom. The molecule has 3 heterocycles. The summed E-state index contributed by atoms with van der Waals surface area (Å²) in [5.41, 5.74) is 2.37. The number of hydrogen-bond donors (Lipinski definition) is 2. The summed E-state index contributed by atoms with van der Waals surface area (Å²) in [6.45, 7) is 5.35. The first-order valence-corrected chi connectivity index (χ1v) is 10.9. The van der Waals surface area contributed by atoms with Crippen LogP contribution in [0.4, 0.5) is 5.82 Å². The van der Waals surface area contributed by atoms with E-state index < -0.39 is 0 Å². The first kappa shape index (κ1) is 18.2. The normalized spacial score (nSPS) is 18.5. The average molecular weight is 383 g/mol. The highest BCUT2D eigenvalue weighted by atomic mass is 31.1. The smallest absolute Gasteiger partial charge is 0.165 e. The van der Waals surface area contributed by atoms with Crippen LogP contribution in [0, 0.1) is 5.92 Å². The number of likely N-dealkylation sites (tertiary alicyclic amines) is 1. The van der Waals surface area contributed by atoms with E-state index in [0.29, 0.717) is 14.5 Å². The number of aromatic nitrogens is 3. The molecule has 2 aromatic heterocycles. The third-order valence-electron chi connectivity index (χ3n) is 5.22. The summed E-state index contributed by atoms with van der Waals surface area (Å²) < 4.78 is 1.89. The van der Waals surface area contributed by atoms with Crippen molar-refractivity contribution in [3.8, 4) is 17.0 Å². The van der Waals surface area contributed by atoms with E-state index >= 15 is 0 Å². The first-order chi connectivity index (χ1) is 13.2. The van der Waals surface area contributed by atoms with Gasteiger partial charge in [0.1, 0.15) is 11.6 Å². The molecule has 1 aliphatic rings. The van der Waals surface area contributed by atoms with Gasteiger partial charge in [0.25, 0.3) is 0 Å². The van der Waals surface area contributed by atoms with Crippen LogP contribution in [0.5, 0.6) is 5.75 Å². The van der Waals surface area contributed by atoms with Crippen LogP contribution in [-0.4, -0.2) is 58.0 Å². The van der Waals surface area contributed by atoms with Crippen LogP contribution < -0.4 is 10.6 Å². The number of phenols is 1. The maximum atomic E-state index is 10.3. The van der Waals surface area contributed by atoms with Crippen molar-refractivity contribution in [3.05, 3.63) is 36.5 Å². The molecule has 7 heteroatoms. The highest BCUT2D eigenvalue weighted by Crippen LogP contribution is 2.30. The molecule has 0 aliphatic carbocycles. The molecule has 2 N–H and O–H groups in total. The Labute approximate surface area is 161 Å². The van der Waals surface area contributed by atoms with Crippen molar-refractivity contribution in [2.24, 2.45) is 5.92 Å². The molecule has 3 aromatic rings. The van der Waals surface area contributed by atoms with E-state index in [2.05, 4.69) is 29.0 Å². The van der Waals surface area contributed by atoms with Gasteiger partial charge in [-0.25, -0.2) is 4.98 Å². The summed E-state index contributed by atoms with van der Waals surface area (Å²) in [5.74, 6) is 1.80. The van der Waals surface area contributed by atoms with Gasteiger partial charge in [-0.2, -0.15) is 9.61 Å². The molecular formula is C20H26N5OP. The lowest BCUT2D eigenvalue weighted by molar-refractivity contribution is 0.217. The highest BCUT2D eigenvalue weighted by Gasteiger charge is 2.18. The third-order valence-corrected chi connectivity index (χ3v) is 6.11. The molecule has 142 valence electrons. The second-order valence-corrected chi connectivity index (χ2v) is 8.28. The molecule has 4 rings (SSSR count). The molecule has 0 radical (unpaired) electrons. The van der Waals surface area contributed by atoms with Crippen LogP contribution in [0.25, 0.3) is 16.9 Å². The van der Waals surface area contributed by atoms with Crippen LogP contribution in [0.15, 0.2) is 36.5 Å². The van der Waals surface area contributed by atoms with E-state index in [9.17, 15) is 5.11 Å². The average Bonchev–Trinajstić information content (AvgIpc) is 3.09. The van der Waals surface area contributed by atoms with Crippen LogP contribution in [0.1, 0.15) is 12.8 Å². The number of aromatic hydroxyl groups is 1. The lowest BCUT2D eigenvalue weighted by Crippen LogP contribution is -2.35. The summed E-state index contributed by atoms with van der Waals surface area (Å²) >= 11 is 0. The van der Waals surface area contributed by atoms with E-state index in [1.54, 1.807) is 6.07 Å². The maximum Gasteiger partial charge on any atom is 0.165 e. The summed E-state index contributed by atoms with van der Waals surface area (Å²) in [4.78, 5) is 7.20. The summed E-state index contributed by atoms with van der Waals surface area (Å²) in [5, 5.41) is 19.6. The molecule has 1 fully saturated rings. The Bertz CT molecular complexity index is 941. The Kier molecular flexibility index (Phi) is 5.28. The quantitative estimate of drug-likeness (QED) is 0.664. The van der Waals surface area contributed by atoms with Gasteiger partial charge in [-0.1, -0.05) is 20.7 Å². The van der Waals surface area contributed by atoms with Gasteiger partial charge in [0.2, 0.25) is 0 Å². The number of anilines is 1. The minimum absolute atomic E-state index is 0.245. The zero-order valence-electron chi connectivity index (χ0n) is 15.8. The predicted octanol–water partition coefficient (Wildman–Crippen LogP) is 2.79. The molecule has 1 saturated heterocycles. The van der Waals surface area contributed by atoms with Crippen LogP contribution >= 0.6 is 8.58 Å². The number of nitrogens with one attached hydrogen (secondary N) is 1. The molecule has 0 saturated carbocycles. The summed E-state index contributed by atoms with van der Waals surface area (Å²) in [6, 6.07) is 9.34. The van der Waals surface area contributed by atoms with E-state index in [1.165, 1.54) is 19.4 Å². The molecular weight excluding hydrogens is 357 g/mol. The zero-order valence-corrected chi connectivity index (χ0v) is 16.8. The van der Waals surface area contributed by atoms with Gasteiger partial charge in [0, 0.05) is 30.0 Å². The molecule has 0 spiro atoms. The molecule has 2 unspecified atom stereocenters. The van der Waals surface area contributed by atoms with Gasteiger partial charge >= 0.3 is 0 Å². The number of fused-ring (bicyclic) bond motifs is 1. The number of rotatable bonds is 5. The van der Waals surface area contributed by atoms with E-state index in [-0.39, 0.29) is 5.75 Å². The number of para-hydroxylation sites is 1. The highest BCUT2D eigenvalue weighted by molar-refractivity contribution is 7.46. The Balaban J connectivity index is 1.70. The fourth-order valence-electron chi connectivity index (χ4n) is 3.78. The molecule has 0 bridgehead atoms. The van der Waals surface area contributed by atoms with Crippen molar-refractivity contribution >= 4 is 25.4 Å². The Morgan fingerprint density at radius 2 is 2.19 bits per heavy atom. The van der Waals surface area contributed by atoms with E-state index in [0.717, 1.165) is 41.1 Å². The van der Waals surface area contributed by atoms with Gasteiger partial charge in [-0.15, -0.1) is 0 Å². The van der Waals surface area contributed by atoms with Gasteiger partial charge < -0.3 is 15.3 Å². The van der Waals surface area contributed by atoms with Crippen molar-refractivity contribution in [1.29, 1.82) is 0 Å². The second-order valence-electron chi connectivity index (χ2n) is 7.24. The monoisotopic (exact) mass is 383 g/mol. The van der Waals surface area contributed by atoms with Gasteiger partial charge in [-0.3, -0.25) is 0 Å². The van der Waals surface area contributed by atoms with Crippen molar-refractivity contribution in [2.45, 2.75) is 12.8 Å². The van der Waals surface area contributed by atoms with E-state index in [1.807, 2.05) is 35.0 Å². The van der Waals surface area contributed by atoms with Crippen LogP contribution in [0.2, 0.25) is 0 Å². The largest absolute Gasteiger partial charge is 0.507 e. The molecule has 1 aliphatic heterocycles. The number of hydrogen-bond acceptors (Lipinski definition) is 5. The van der Waals surface area contributed by atoms with Gasteiger partial charge in [-0.05, 0) is 51.1 Å².